The zero-order valence-electron chi connectivity index (χ0n) is 22.5. The van der Waals surface area contributed by atoms with Crippen LogP contribution in [0.5, 0.6) is 17.2 Å². The summed E-state index contributed by atoms with van der Waals surface area (Å²) >= 11 is 0. The zero-order valence-corrected chi connectivity index (χ0v) is 22.5. The lowest BCUT2D eigenvalue weighted by Crippen LogP contribution is -2.55. The first-order valence-electron chi connectivity index (χ1n) is 13.0. The van der Waals surface area contributed by atoms with Crippen molar-refractivity contribution in [2.24, 2.45) is 0 Å². The van der Waals surface area contributed by atoms with Gasteiger partial charge in [0.25, 0.3) is 0 Å². The van der Waals surface area contributed by atoms with E-state index in [0.717, 1.165) is 0 Å². The molecule has 2 aromatic carbocycles. The van der Waals surface area contributed by atoms with Crippen LogP contribution in [0.15, 0.2) is 18.2 Å². The van der Waals surface area contributed by atoms with Gasteiger partial charge in [-0.05, 0) is 13.0 Å². The van der Waals surface area contributed by atoms with Crippen molar-refractivity contribution in [3.05, 3.63) is 51.6 Å². The van der Waals surface area contributed by atoms with Crippen LogP contribution < -0.4 is 10.1 Å². The number of phenols is 2. The Kier molecular flexibility index (Phi) is 7.45. The maximum Gasteiger partial charge on any atom is 0.404 e. The largest absolute Gasteiger partial charge is 0.507 e. The number of aliphatic hydroxyl groups is 3. The van der Waals surface area contributed by atoms with E-state index in [2.05, 4.69) is 5.32 Å². The Hall–Kier alpha value is -4.08. The van der Waals surface area contributed by atoms with Gasteiger partial charge >= 0.3 is 6.09 Å². The van der Waals surface area contributed by atoms with E-state index in [4.69, 9.17) is 14.2 Å². The number of ketones is 3. The lowest BCUT2D eigenvalue weighted by atomic mass is 9.72. The Bertz CT molecular complexity index is 1500. The molecule has 2 unspecified atom stereocenters. The van der Waals surface area contributed by atoms with Crippen LogP contribution in [0.4, 0.5) is 4.79 Å². The molecule has 0 radical (unpaired) electrons. The number of phenolic OH excluding ortho intramolecular Hbond substituents is 2. The number of aliphatic hydroxyl groups excluding tert-OH is 2. The van der Waals surface area contributed by atoms with Crippen LogP contribution in [-0.4, -0.2) is 97.9 Å². The highest BCUT2D eigenvalue weighted by molar-refractivity contribution is 6.31. The highest BCUT2D eigenvalue weighted by Crippen LogP contribution is 2.52. The Morgan fingerprint density at radius 3 is 2.45 bits per heavy atom. The summed E-state index contributed by atoms with van der Waals surface area (Å²) in [4.78, 5) is 51.2. The Balaban J connectivity index is 1.65. The molecular weight excluding hydrogens is 558 g/mol. The lowest BCUT2D eigenvalue weighted by Gasteiger charge is -2.42. The molecule has 14 nitrogen and oxygen atoms in total. The second kappa shape index (κ2) is 10.6. The number of fused-ring (bicyclic) bond motifs is 3. The summed E-state index contributed by atoms with van der Waals surface area (Å²) < 4.78 is 17.0. The quantitative estimate of drug-likeness (QED) is 0.193. The van der Waals surface area contributed by atoms with Crippen LogP contribution in [-0.2, 0) is 20.7 Å². The summed E-state index contributed by atoms with van der Waals surface area (Å²) in [5, 5.41) is 65.5. The predicted octanol–water partition coefficient (Wildman–Crippen LogP) is 0.310. The Morgan fingerprint density at radius 1 is 1.12 bits per heavy atom. The number of amides is 1. The number of nitrogens with one attached hydrogen (secondary N) is 1. The van der Waals surface area contributed by atoms with Crippen molar-refractivity contribution in [3.63, 3.8) is 0 Å². The topological polar surface area (TPSA) is 229 Å². The van der Waals surface area contributed by atoms with Gasteiger partial charge in [0.15, 0.2) is 17.9 Å². The number of carbonyl (C=O) groups is 4. The first-order valence-corrected chi connectivity index (χ1v) is 13.0. The molecule has 2 aromatic rings. The Morgan fingerprint density at radius 2 is 1.81 bits per heavy atom. The second-order valence-electron chi connectivity index (χ2n) is 10.6. The highest BCUT2D eigenvalue weighted by Gasteiger charge is 2.50. The van der Waals surface area contributed by atoms with Gasteiger partial charge in [-0.1, -0.05) is 12.1 Å². The molecule has 0 spiro atoms. The highest BCUT2D eigenvalue weighted by atomic mass is 16.7. The third kappa shape index (κ3) is 4.57. The standard InChI is InChI=1S/C28H29NO13/c1-10-22(32)13(29-27(37)38)6-17(41-10)42-15-8-28(39,16(31)9-30)7-12-19(15)26(36)21-20(24(12)34)23(33)11-4-3-5-14(40-2)18(11)25(21)35/h3-5,10,13,15,17,22,29-30,32,34,36,39H,6-9H2,1-2H3,(H,37,38)/t10?,13-,15+,17+,22-,28?/m1/s1. The van der Waals surface area contributed by atoms with Gasteiger partial charge < -0.3 is 50.2 Å². The summed E-state index contributed by atoms with van der Waals surface area (Å²) in [5.74, 6) is -4.11. The van der Waals surface area contributed by atoms with Gasteiger partial charge in [-0.3, -0.25) is 14.4 Å². The van der Waals surface area contributed by atoms with Crippen LogP contribution in [0.3, 0.4) is 0 Å². The minimum absolute atomic E-state index is 0.0592. The third-order valence-electron chi connectivity index (χ3n) is 8.07. The molecule has 0 aromatic heterocycles. The van der Waals surface area contributed by atoms with E-state index in [-0.39, 0.29) is 34.4 Å². The number of benzene rings is 2. The zero-order chi connectivity index (χ0) is 30.7. The fourth-order valence-corrected chi connectivity index (χ4v) is 6.02. The summed E-state index contributed by atoms with van der Waals surface area (Å²) in [7, 11) is 1.30. The van der Waals surface area contributed by atoms with E-state index < -0.39 is 102 Å². The van der Waals surface area contributed by atoms with E-state index in [1.165, 1.54) is 32.2 Å². The van der Waals surface area contributed by atoms with Gasteiger partial charge in [-0.15, -0.1) is 0 Å². The molecule has 1 aliphatic heterocycles. The molecule has 0 saturated carbocycles. The summed E-state index contributed by atoms with van der Waals surface area (Å²) in [5.41, 5.74) is -4.08. The van der Waals surface area contributed by atoms with E-state index >= 15 is 0 Å². The van der Waals surface area contributed by atoms with Crippen molar-refractivity contribution in [2.75, 3.05) is 13.7 Å². The maximum absolute atomic E-state index is 13.7. The molecule has 7 N–H and O–H groups in total. The van der Waals surface area contributed by atoms with E-state index in [9.17, 15) is 49.8 Å². The second-order valence-corrected chi connectivity index (χ2v) is 10.6. The van der Waals surface area contributed by atoms with Crippen molar-refractivity contribution in [1.29, 1.82) is 0 Å². The van der Waals surface area contributed by atoms with Gasteiger partial charge in [0.05, 0.1) is 42.0 Å². The minimum atomic E-state index is -2.33. The molecular formula is C28H29NO13. The molecule has 2 aliphatic carbocycles. The van der Waals surface area contributed by atoms with E-state index in [1.54, 1.807) is 0 Å². The normalized spacial score (nSPS) is 28.4. The molecule has 5 rings (SSSR count). The molecule has 1 saturated heterocycles. The van der Waals surface area contributed by atoms with Crippen LogP contribution in [0, 0.1) is 0 Å². The van der Waals surface area contributed by atoms with E-state index in [0.29, 0.717) is 0 Å². The van der Waals surface area contributed by atoms with Crippen molar-refractivity contribution in [1.82, 2.24) is 5.32 Å². The number of rotatable bonds is 6. The lowest BCUT2D eigenvalue weighted by molar-refractivity contribution is -0.249. The average Bonchev–Trinajstić information content (AvgIpc) is 2.94. The number of carbonyl (C=O) groups excluding carboxylic acids is 3. The Labute approximate surface area is 238 Å². The van der Waals surface area contributed by atoms with Gasteiger partial charge in [0, 0.05) is 36.0 Å². The van der Waals surface area contributed by atoms with Crippen LogP contribution >= 0.6 is 0 Å². The first kappa shape index (κ1) is 29.4. The molecule has 0 bridgehead atoms. The molecule has 1 fully saturated rings. The van der Waals surface area contributed by atoms with E-state index in [1.807, 2.05) is 0 Å². The number of carboxylic acid groups (broad SMARTS) is 1. The monoisotopic (exact) mass is 587 g/mol. The van der Waals surface area contributed by atoms with Crippen LogP contribution in [0.2, 0.25) is 0 Å². The third-order valence-corrected chi connectivity index (χ3v) is 8.07. The fraction of sp³-hybridized carbons (Fsp3) is 0.429. The fourth-order valence-electron chi connectivity index (χ4n) is 6.02. The van der Waals surface area contributed by atoms with Gasteiger partial charge in [-0.2, -0.15) is 0 Å². The molecule has 1 amide bonds. The van der Waals surface area contributed by atoms with Crippen molar-refractivity contribution >= 4 is 23.4 Å². The average molecular weight is 588 g/mol. The molecule has 6 atom stereocenters. The predicted molar refractivity (Wildman–Crippen MR) is 139 cm³/mol. The number of aromatic hydroxyl groups is 2. The molecule has 14 heteroatoms. The van der Waals surface area contributed by atoms with Gasteiger partial charge in [0.2, 0.25) is 5.78 Å². The summed E-state index contributed by atoms with van der Waals surface area (Å²) in [6.45, 7) is 0.389. The van der Waals surface area contributed by atoms with Crippen LogP contribution in [0.1, 0.15) is 68.8 Å². The molecule has 42 heavy (non-hydrogen) atoms. The van der Waals surface area contributed by atoms with Gasteiger partial charge in [0.1, 0.15) is 35.6 Å². The summed E-state index contributed by atoms with van der Waals surface area (Å²) in [6, 6.07) is 3.24. The molecule has 3 aliphatic rings. The SMILES string of the molecule is COc1cccc2c1C(=O)c1c(O)c3c(c(O)c1C2=O)CC(O)(C(=O)CO)C[C@@H]3O[C@H]1C[C@@H](NC(=O)O)[C@H](O)C(C)O1. The summed E-state index contributed by atoms with van der Waals surface area (Å²) in [6.07, 6.45) is -7.75. The smallest absolute Gasteiger partial charge is 0.404 e. The minimum Gasteiger partial charge on any atom is -0.507 e. The maximum atomic E-state index is 13.7. The van der Waals surface area contributed by atoms with Crippen molar-refractivity contribution < 1.29 is 64.0 Å². The first-order chi connectivity index (χ1) is 19.8. The number of ether oxygens (including phenoxy) is 3. The van der Waals surface area contributed by atoms with Crippen molar-refractivity contribution in [3.8, 4) is 17.2 Å². The number of Topliss-reactive ketones (excluding diaryl/α,β-unsaturated/α-hetero) is 1. The number of hydrogen-bond donors (Lipinski definition) is 7. The van der Waals surface area contributed by atoms with Gasteiger partial charge in [-0.25, -0.2) is 4.79 Å². The molecule has 1 heterocycles. The number of hydrogen-bond acceptors (Lipinski definition) is 12. The molecule has 224 valence electrons. The van der Waals surface area contributed by atoms with Crippen LogP contribution in [0.25, 0.3) is 0 Å². The van der Waals surface area contributed by atoms with Crippen molar-refractivity contribution in [2.45, 2.75) is 62.4 Å². The number of methoxy groups -OCH3 is 1.